The molecule has 1 aromatic heterocycles. The zero-order valence-corrected chi connectivity index (χ0v) is 17.4. The first-order valence-electron chi connectivity index (χ1n) is 9.25. The van der Waals surface area contributed by atoms with Gasteiger partial charge in [-0.2, -0.15) is 0 Å². The number of methoxy groups -OCH3 is 1. The van der Waals surface area contributed by atoms with Crippen LogP contribution in [0.4, 0.5) is 5.69 Å². The Kier molecular flexibility index (Phi) is 7.96. The zero-order valence-electron chi connectivity index (χ0n) is 17.4. The number of nitrogens with zero attached hydrogens (tertiary/aromatic N) is 1. The monoisotopic (exact) mass is 384 g/mol. The number of allylic oxidation sites excluding steroid dienone is 6. The van der Waals surface area contributed by atoms with Gasteiger partial charge in [-0.25, -0.2) is 0 Å². The van der Waals surface area contributed by atoms with Crippen LogP contribution in [0.25, 0.3) is 5.57 Å². The van der Waals surface area contributed by atoms with Crippen molar-refractivity contribution in [2.24, 2.45) is 4.99 Å². The maximum atomic E-state index is 12.5. The molecule has 0 aliphatic rings. The summed E-state index contributed by atoms with van der Waals surface area (Å²) in [5.74, 6) is 2.52. The van der Waals surface area contributed by atoms with E-state index in [0.29, 0.717) is 22.7 Å². The fraction of sp³-hybridized carbons (Fsp3) is 0.174. The van der Waals surface area contributed by atoms with E-state index >= 15 is 0 Å². The molecule has 0 unspecified atom stereocenters. The average molecular weight is 384 g/mol. The van der Waals surface area contributed by atoms with Crippen molar-refractivity contribution in [3.8, 4) is 5.75 Å². The average Bonchev–Trinajstić information content (AvgIpc) is 3.16. The van der Waals surface area contributed by atoms with Crippen LogP contribution in [0.1, 0.15) is 34.3 Å². The molecule has 0 N–H and O–H groups in total. The van der Waals surface area contributed by atoms with Gasteiger partial charge in [-0.05, 0) is 0 Å². The summed E-state index contributed by atoms with van der Waals surface area (Å²) in [6.45, 7) is 15.0. The normalized spacial score (nSPS) is 12.0. The number of carbonyl (C=O) groups excluding carboxylic acids is 1. The van der Waals surface area contributed by atoms with Crippen molar-refractivity contribution in [2.75, 3.05) is 7.11 Å². The molecule has 0 spiro atoms. The molecule has 0 fully saturated rings. The van der Waals surface area contributed by atoms with Gasteiger partial charge >= 0.3 is 161 Å². The Morgan fingerprint density at radius 1 is 1.31 bits per heavy atom. The first kappa shape index (κ1) is 22.2. The second-order valence-corrected chi connectivity index (χ2v) is 6.29. The standard InChI is InChI=1S/C23H24B2NO3/c1-7-10-11-17(8-2)18-12-13-19(28-6)22(15(18)4)26-21(9-3)25-23(27)20-14-24-16(5)29-20/h7-14H,1,3H2,2,4-6H3/b11-10-,17-8+,26-21?. The quantitative estimate of drug-likeness (QED) is 0.341. The van der Waals surface area contributed by atoms with Crippen molar-refractivity contribution in [2.45, 2.75) is 20.8 Å². The van der Waals surface area contributed by atoms with E-state index in [4.69, 9.17) is 9.15 Å². The number of aryl methyl sites for hydroxylation is 1. The molecule has 1 radical (unpaired) electrons. The maximum absolute atomic E-state index is 12.5. The van der Waals surface area contributed by atoms with E-state index in [1.54, 1.807) is 33.0 Å². The molecule has 1 heterocycles. The molecule has 2 rings (SSSR count). The summed E-state index contributed by atoms with van der Waals surface area (Å²) in [5, 5.41) is 0. The molecule has 29 heavy (non-hydrogen) atoms. The van der Waals surface area contributed by atoms with Gasteiger partial charge in [0.05, 0.1) is 0 Å². The van der Waals surface area contributed by atoms with Crippen molar-refractivity contribution in [3.63, 3.8) is 0 Å². The Labute approximate surface area is 173 Å². The van der Waals surface area contributed by atoms with Crippen molar-refractivity contribution < 1.29 is 13.9 Å². The van der Waals surface area contributed by atoms with E-state index in [0.717, 1.165) is 16.7 Å². The number of hydrogen-bond donors (Lipinski definition) is 0. The van der Waals surface area contributed by atoms with Crippen molar-refractivity contribution in [1.29, 1.82) is 0 Å². The van der Waals surface area contributed by atoms with Gasteiger partial charge in [0.1, 0.15) is 0 Å². The van der Waals surface area contributed by atoms with Crippen LogP contribution >= 0.6 is 0 Å². The summed E-state index contributed by atoms with van der Waals surface area (Å²) < 4.78 is 10.9. The third-order valence-corrected chi connectivity index (χ3v) is 4.36. The van der Waals surface area contributed by atoms with Crippen LogP contribution in [0, 0.1) is 13.8 Å². The van der Waals surface area contributed by atoms with Crippen molar-refractivity contribution in [1.82, 2.24) is 0 Å². The Hall–Kier alpha value is -3.14. The minimum atomic E-state index is -0.271. The van der Waals surface area contributed by atoms with Crippen molar-refractivity contribution >= 4 is 36.7 Å². The van der Waals surface area contributed by atoms with E-state index in [1.807, 2.05) is 44.2 Å². The third kappa shape index (κ3) is 5.44. The third-order valence-electron chi connectivity index (χ3n) is 4.36. The molecule has 1 aromatic carbocycles. The molecule has 0 aliphatic heterocycles. The number of carbonyl (C=O) groups is 1. The van der Waals surface area contributed by atoms with Crippen molar-refractivity contribution in [3.05, 3.63) is 84.2 Å². The summed E-state index contributed by atoms with van der Waals surface area (Å²) in [5.41, 5.74) is 4.45. The van der Waals surface area contributed by atoms with Gasteiger partial charge < -0.3 is 0 Å². The SMILES string of the molecule is C=C/C=C\C(=C/C)c1ccc(OC)c(N=C([B]C(=O)c2cbc(C)o2)C=C)c1C. The van der Waals surface area contributed by atoms with E-state index in [2.05, 4.69) is 18.2 Å². The number of rotatable bonds is 9. The van der Waals surface area contributed by atoms with Gasteiger partial charge in [-0.1, -0.05) is 12.7 Å². The molecule has 0 bridgehead atoms. The van der Waals surface area contributed by atoms with Gasteiger partial charge in [0.2, 0.25) is 0 Å². The molecule has 2 aromatic rings. The summed E-state index contributed by atoms with van der Waals surface area (Å²) in [6.07, 6.45) is 9.15. The first-order valence-corrected chi connectivity index (χ1v) is 9.25. The fourth-order valence-electron chi connectivity index (χ4n) is 2.84. The fourth-order valence-corrected chi connectivity index (χ4v) is 2.84. The minimum absolute atomic E-state index is 0.264. The van der Waals surface area contributed by atoms with Gasteiger partial charge in [0.15, 0.2) is 0 Å². The zero-order chi connectivity index (χ0) is 21.4. The molecule has 0 aliphatic carbocycles. The predicted molar refractivity (Wildman–Crippen MR) is 123 cm³/mol. The van der Waals surface area contributed by atoms with Gasteiger partial charge in [0, 0.05) is 0 Å². The second kappa shape index (κ2) is 10.4. The van der Waals surface area contributed by atoms with Gasteiger partial charge in [-0.15, -0.1) is 0 Å². The summed E-state index contributed by atoms with van der Waals surface area (Å²) >= 11 is 0. The second-order valence-electron chi connectivity index (χ2n) is 6.29. The summed E-state index contributed by atoms with van der Waals surface area (Å²) in [7, 11) is 3.00. The van der Waals surface area contributed by atoms with Crippen LogP contribution in [0.15, 0.2) is 71.0 Å². The molecule has 0 atom stereocenters. The molecular weight excluding hydrogens is 360 g/mol. The molecule has 0 saturated heterocycles. The summed E-state index contributed by atoms with van der Waals surface area (Å²) in [6, 6.07) is 3.86. The number of aliphatic imine (C=N–C) groups is 1. The van der Waals surface area contributed by atoms with Crippen LogP contribution in [-0.4, -0.2) is 32.6 Å². The molecule has 0 saturated carbocycles. The molecule has 4 nitrogen and oxygen atoms in total. The van der Waals surface area contributed by atoms with Gasteiger partial charge in [0.25, 0.3) is 0 Å². The first-order chi connectivity index (χ1) is 13.9. The Morgan fingerprint density at radius 3 is 2.62 bits per heavy atom. The molecule has 145 valence electrons. The van der Waals surface area contributed by atoms with E-state index in [-0.39, 0.29) is 11.4 Å². The Bertz CT molecular complexity index is 1010. The van der Waals surface area contributed by atoms with E-state index in [9.17, 15) is 4.79 Å². The van der Waals surface area contributed by atoms with E-state index in [1.165, 1.54) is 13.4 Å². The molecule has 6 heteroatoms. The van der Waals surface area contributed by atoms with Crippen LogP contribution in [0.2, 0.25) is 0 Å². The van der Waals surface area contributed by atoms with Crippen LogP contribution in [0.5, 0.6) is 5.75 Å². The number of hydrogen-bond acceptors (Lipinski definition) is 4. The van der Waals surface area contributed by atoms with Crippen LogP contribution < -0.4 is 4.74 Å². The van der Waals surface area contributed by atoms with Crippen LogP contribution in [-0.2, 0) is 0 Å². The predicted octanol–water partition coefficient (Wildman–Crippen LogP) is 5.15. The van der Waals surface area contributed by atoms with Gasteiger partial charge in [-0.3, -0.25) is 0 Å². The number of ether oxygens (including phenoxy) is 1. The topological polar surface area (TPSA) is 51.8 Å². The molecule has 0 amide bonds. The molecular formula is C23H24B2NO3. The summed E-state index contributed by atoms with van der Waals surface area (Å²) in [4.78, 5) is 17.1. The Balaban J connectivity index is 2.48. The Morgan fingerprint density at radius 2 is 2.07 bits per heavy atom. The van der Waals surface area contributed by atoms with Crippen LogP contribution in [0.3, 0.4) is 0 Å². The number of benzene rings is 1. The van der Waals surface area contributed by atoms with E-state index < -0.39 is 0 Å².